The summed E-state index contributed by atoms with van der Waals surface area (Å²) in [6.45, 7) is 9.13. The number of rotatable bonds is 3. The molecular formula is C17H27N3. The van der Waals surface area contributed by atoms with Gasteiger partial charge >= 0.3 is 0 Å². The van der Waals surface area contributed by atoms with Crippen LogP contribution in [0.2, 0.25) is 0 Å². The lowest BCUT2D eigenvalue weighted by Crippen LogP contribution is -2.59. The first kappa shape index (κ1) is 14.1. The molecule has 0 spiro atoms. The molecule has 0 aliphatic carbocycles. The third-order valence-corrected chi connectivity index (χ3v) is 5.03. The lowest BCUT2D eigenvalue weighted by molar-refractivity contribution is 0.0448. The zero-order chi connectivity index (χ0) is 14.2. The maximum absolute atomic E-state index is 6.61. The monoisotopic (exact) mass is 273 g/mol. The van der Waals surface area contributed by atoms with Crippen molar-refractivity contribution in [1.29, 1.82) is 0 Å². The van der Waals surface area contributed by atoms with Gasteiger partial charge in [-0.25, -0.2) is 0 Å². The van der Waals surface area contributed by atoms with Crippen molar-refractivity contribution >= 4 is 0 Å². The molecule has 3 heteroatoms. The van der Waals surface area contributed by atoms with Crippen LogP contribution in [0.5, 0.6) is 0 Å². The summed E-state index contributed by atoms with van der Waals surface area (Å²) in [7, 11) is 0. The predicted octanol–water partition coefficient (Wildman–Crippen LogP) is 2.03. The van der Waals surface area contributed by atoms with Gasteiger partial charge in [-0.15, -0.1) is 0 Å². The van der Waals surface area contributed by atoms with Crippen molar-refractivity contribution in [1.82, 2.24) is 9.80 Å². The molecular weight excluding hydrogens is 246 g/mol. The molecule has 110 valence electrons. The molecule has 0 bridgehead atoms. The molecule has 2 heterocycles. The minimum absolute atomic E-state index is 0.268. The molecule has 0 saturated carbocycles. The van der Waals surface area contributed by atoms with Crippen LogP contribution in [0.4, 0.5) is 0 Å². The molecule has 3 rings (SSSR count). The van der Waals surface area contributed by atoms with Crippen LogP contribution in [0.1, 0.15) is 32.3 Å². The number of hydrogen-bond acceptors (Lipinski definition) is 3. The third kappa shape index (κ3) is 2.76. The van der Waals surface area contributed by atoms with Crippen LogP contribution < -0.4 is 5.73 Å². The zero-order valence-electron chi connectivity index (χ0n) is 12.8. The molecule has 2 N–H and O–H groups in total. The summed E-state index contributed by atoms with van der Waals surface area (Å²) in [6.07, 6.45) is 2.72. The molecule has 2 aliphatic heterocycles. The fourth-order valence-corrected chi connectivity index (χ4v) is 3.80. The Bertz CT molecular complexity index is 443. The maximum Gasteiger partial charge on any atom is 0.0510 e. The Morgan fingerprint density at radius 2 is 2.00 bits per heavy atom. The molecule has 2 fully saturated rings. The predicted molar refractivity (Wildman–Crippen MR) is 83.6 cm³/mol. The van der Waals surface area contributed by atoms with Gasteiger partial charge in [-0.05, 0) is 38.8 Å². The molecule has 0 amide bonds. The maximum atomic E-state index is 6.61. The normalized spacial score (nSPS) is 30.9. The number of hydrogen-bond donors (Lipinski definition) is 1. The average molecular weight is 273 g/mol. The number of nitrogens with zero attached hydrogens (tertiary/aromatic N) is 2. The van der Waals surface area contributed by atoms with E-state index in [1.807, 2.05) is 0 Å². The van der Waals surface area contributed by atoms with Crippen LogP contribution in [0.25, 0.3) is 0 Å². The number of benzene rings is 1. The molecule has 1 aromatic rings. The van der Waals surface area contributed by atoms with Crippen molar-refractivity contribution in [3.8, 4) is 0 Å². The summed E-state index contributed by atoms with van der Waals surface area (Å²) in [5, 5.41) is 0. The standard InChI is InChI=1S/C17H27N3/c1-14-11-19-10-6-9-16(19)12-20(14)13-17(2,18)15-7-4-3-5-8-15/h3-5,7-8,14,16H,6,9-13,18H2,1-2H3. The lowest BCUT2D eigenvalue weighted by atomic mass is 9.91. The van der Waals surface area contributed by atoms with Gasteiger partial charge in [0, 0.05) is 31.7 Å². The fraction of sp³-hybridized carbons (Fsp3) is 0.647. The van der Waals surface area contributed by atoms with E-state index in [0.717, 1.165) is 12.6 Å². The van der Waals surface area contributed by atoms with Crippen molar-refractivity contribution in [3.05, 3.63) is 35.9 Å². The summed E-state index contributed by atoms with van der Waals surface area (Å²) in [6, 6.07) is 11.9. The molecule has 0 aromatic heterocycles. The largest absolute Gasteiger partial charge is 0.321 e. The topological polar surface area (TPSA) is 32.5 Å². The minimum atomic E-state index is -0.268. The molecule has 3 nitrogen and oxygen atoms in total. The van der Waals surface area contributed by atoms with Crippen molar-refractivity contribution in [3.63, 3.8) is 0 Å². The van der Waals surface area contributed by atoms with Gasteiger partial charge in [0.2, 0.25) is 0 Å². The van der Waals surface area contributed by atoms with E-state index in [-0.39, 0.29) is 5.54 Å². The Morgan fingerprint density at radius 1 is 1.25 bits per heavy atom. The van der Waals surface area contributed by atoms with Gasteiger partial charge in [-0.3, -0.25) is 9.80 Å². The van der Waals surface area contributed by atoms with E-state index in [1.165, 1.54) is 38.0 Å². The van der Waals surface area contributed by atoms with E-state index >= 15 is 0 Å². The van der Waals surface area contributed by atoms with Gasteiger partial charge in [0.1, 0.15) is 0 Å². The van der Waals surface area contributed by atoms with Crippen molar-refractivity contribution in [2.75, 3.05) is 26.2 Å². The fourth-order valence-electron chi connectivity index (χ4n) is 3.80. The van der Waals surface area contributed by atoms with Gasteiger partial charge in [-0.1, -0.05) is 30.3 Å². The van der Waals surface area contributed by atoms with Crippen LogP contribution >= 0.6 is 0 Å². The van der Waals surface area contributed by atoms with Crippen molar-refractivity contribution in [2.24, 2.45) is 5.73 Å². The van der Waals surface area contributed by atoms with Crippen molar-refractivity contribution in [2.45, 2.75) is 44.3 Å². The number of piperazine rings is 1. The molecule has 3 atom stereocenters. The van der Waals surface area contributed by atoms with Gasteiger partial charge < -0.3 is 5.73 Å². The van der Waals surface area contributed by atoms with Gasteiger partial charge in [0.05, 0.1) is 5.54 Å². The highest BCUT2D eigenvalue weighted by Crippen LogP contribution is 2.27. The van der Waals surface area contributed by atoms with Crippen LogP contribution in [0.15, 0.2) is 30.3 Å². The summed E-state index contributed by atoms with van der Waals surface area (Å²) in [4.78, 5) is 5.26. The summed E-state index contributed by atoms with van der Waals surface area (Å²) < 4.78 is 0. The number of fused-ring (bicyclic) bond motifs is 1. The van der Waals surface area contributed by atoms with E-state index in [4.69, 9.17) is 5.73 Å². The van der Waals surface area contributed by atoms with E-state index < -0.39 is 0 Å². The number of nitrogens with two attached hydrogens (primary N) is 1. The highest BCUT2D eigenvalue weighted by molar-refractivity contribution is 5.23. The molecule has 0 radical (unpaired) electrons. The van der Waals surface area contributed by atoms with Gasteiger partial charge in [0.15, 0.2) is 0 Å². The Hall–Kier alpha value is -0.900. The van der Waals surface area contributed by atoms with E-state index in [2.05, 4.69) is 54.0 Å². The van der Waals surface area contributed by atoms with Gasteiger partial charge in [-0.2, -0.15) is 0 Å². The lowest BCUT2D eigenvalue weighted by Gasteiger charge is -2.45. The van der Waals surface area contributed by atoms with Gasteiger partial charge in [0.25, 0.3) is 0 Å². The van der Waals surface area contributed by atoms with E-state index in [1.54, 1.807) is 0 Å². The van der Waals surface area contributed by atoms with Crippen molar-refractivity contribution < 1.29 is 0 Å². The Balaban J connectivity index is 1.70. The van der Waals surface area contributed by atoms with Crippen LogP contribution in [-0.4, -0.2) is 48.1 Å². The Kier molecular flexibility index (Phi) is 3.85. The first-order chi connectivity index (χ1) is 9.56. The quantitative estimate of drug-likeness (QED) is 0.914. The van der Waals surface area contributed by atoms with Crippen LogP contribution in [0, 0.1) is 0 Å². The SMILES string of the molecule is CC1CN2CCCC2CN1CC(C)(N)c1ccccc1. The average Bonchev–Trinajstić information content (AvgIpc) is 2.87. The summed E-state index contributed by atoms with van der Waals surface area (Å²) >= 11 is 0. The van der Waals surface area contributed by atoms with Crippen LogP contribution in [-0.2, 0) is 5.54 Å². The second-order valence-electron chi connectivity index (χ2n) is 6.85. The highest BCUT2D eigenvalue weighted by Gasteiger charge is 2.36. The second-order valence-corrected chi connectivity index (χ2v) is 6.85. The smallest absolute Gasteiger partial charge is 0.0510 e. The molecule has 20 heavy (non-hydrogen) atoms. The summed E-state index contributed by atoms with van der Waals surface area (Å²) in [5.74, 6) is 0. The Labute approximate surface area is 122 Å². The first-order valence-electron chi connectivity index (χ1n) is 7.89. The zero-order valence-corrected chi connectivity index (χ0v) is 12.8. The van der Waals surface area contributed by atoms with Crippen LogP contribution in [0.3, 0.4) is 0 Å². The highest BCUT2D eigenvalue weighted by atomic mass is 15.3. The van der Waals surface area contributed by atoms with E-state index in [0.29, 0.717) is 6.04 Å². The first-order valence-corrected chi connectivity index (χ1v) is 7.89. The summed E-state index contributed by atoms with van der Waals surface area (Å²) in [5.41, 5.74) is 7.58. The van der Waals surface area contributed by atoms with E-state index in [9.17, 15) is 0 Å². The second kappa shape index (κ2) is 5.47. The third-order valence-electron chi connectivity index (χ3n) is 5.03. The Morgan fingerprint density at radius 3 is 2.75 bits per heavy atom. The minimum Gasteiger partial charge on any atom is -0.321 e. The molecule has 3 unspecified atom stereocenters. The molecule has 2 aliphatic rings. The molecule has 2 saturated heterocycles. The molecule has 1 aromatic carbocycles.